The van der Waals surface area contributed by atoms with Crippen LogP contribution in [0.5, 0.6) is 11.5 Å². The number of ether oxygens (including phenoxy) is 1. The lowest BCUT2D eigenvalue weighted by Gasteiger charge is -2.14. The van der Waals surface area contributed by atoms with Gasteiger partial charge in [-0.1, -0.05) is 12.1 Å². The first-order valence-corrected chi connectivity index (χ1v) is 10.8. The van der Waals surface area contributed by atoms with E-state index in [2.05, 4.69) is 10.0 Å². The molecule has 33 heavy (non-hydrogen) atoms. The number of carbonyl (C=O) groups excluding carboxylic acids is 2. The molecule has 2 aromatic carbocycles. The molecule has 1 unspecified atom stereocenters. The van der Waals surface area contributed by atoms with Gasteiger partial charge in [0.05, 0.1) is 22.9 Å². The number of aliphatic carboxylic acids is 1. The minimum Gasteiger partial charge on any atom is -0.507 e. The number of hydrogen-bond acceptors (Lipinski definition) is 8. The molecule has 2 aromatic rings. The van der Waals surface area contributed by atoms with Crippen molar-refractivity contribution in [2.45, 2.75) is 17.4 Å². The van der Waals surface area contributed by atoms with Gasteiger partial charge in [-0.2, -0.15) is 0 Å². The summed E-state index contributed by atoms with van der Waals surface area (Å²) >= 11 is 0. The Morgan fingerprint density at radius 3 is 2.39 bits per heavy atom. The molecule has 0 bridgehead atoms. The van der Waals surface area contributed by atoms with Gasteiger partial charge in [0.1, 0.15) is 30.0 Å². The maximum Gasteiger partial charge on any atom is 0.339 e. The molecule has 176 valence electrons. The Bertz CT molecular complexity index is 1160. The van der Waals surface area contributed by atoms with Crippen molar-refractivity contribution in [1.82, 2.24) is 10.0 Å². The fourth-order valence-corrected chi connectivity index (χ4v) is 3.66. The average molecular weight is 480 g/mol. The smallest absolute Gasteiger partial charge is 0.339 e. The lowest BCUT2D eigenvalue weighted by atomic mass is 10.1. The van der Waals surface area contributed by atoms with E-state index in [9.17, 15) is 32.7 Å². The van der Waals surface area contributed by atoms with Crippen LogP contribution in [0.25, 0.3) is 0 Å². The average Bonchev–Trinajstić information content (AvgIpc) is 2.76. The van der Waals surface area contributed by atoms with Gasteiger partial charge in [-0.3, -0.25) is 9.59 Å². The number of carbonyl (C=O) groups is 4. The minimum absolute atomic E-state index is 0.00207. The van der Waals surface area contributed by atoms with E-state index in [4.69, 9.17) is 14.9 Å². The van der Waals surface area contributed by atoms with Gasteiger partial charge in [0.15, 0.2) is 0 Å². The summed E-state index contributed by atoms with van der Waals surface area (Å²) in [7, 11) is -4.12. The van der Waals surface area contributed by atoms with Gasteiger partial charge < -0.3 is 30.2 Å². The summed E-state index contributed by atoms with van der Waals surface area (Å²) in [4.78, 5) is 44.8. The van der Waals surface area contributed by atoms with E-state index in [1.54, 1.807) is 6.07 Å². The van der Waals surface area contributed by atoms with Crippen LogP contribution in [0.15, 0.2) is 47.4 Å². The second-order valence-corrected chi connectivity index (χ2v) is 8.31. The Morgan fingerprint density at radius 1 is 1.06 bits per heavy atom. The number of aldehydes is 1. The molecule has 1 amide bonds. The fraction of sp³-hybridized carbons (Fsp3) is 0.200. The van der Waals surface area contributed by atoms with Gasteiger partial charge in [0.25, 0.3) is 5.91 Å². The number of carboxylic acids is 2. The summed E-state index contributed by atoms with van der Waals surface area (Å²) in [6.07, 6.45) is -0.301. The predicted molar refractivity (Wildman–Crippen MR) is 112 cm³/mol. The quantitative estimate of drug-likeness (QED) is 0.207. The monoisotopic (exact) mass is 480 g/mol. The molecule has 2 rings (SSSR count). The van der Waals surface area contributed by atoms with E-state index in [0.29, 0.717) is 6.29 Å². The lowest BCUT2D eigenvalue weighted by Crippen LogP contribution is -2.37. The molecule has 0 aliphatic carbocycles. The second kappa shape index (κ2) is 11.1. The lowest BCUT2D eigenvalue weighted by molar-refractivity contribution is -0.138. The summed E-state index contributed by atoms with van der Waals surface area (Å²) in [5.41, 5.74) is -0.576. The topological polar surface area (TPSA) is 196 Å². The Hall–Kier alpha value is -3.97. The largest absolute Gasteiger partial charge is 0.507 e. The number of benzene rings is 2. The van der Waals surface area contributed by atoms with Crippen molar-refractivity contribution < 1.29 is 47.7 Å². The molecule has 0 heterocycles. The van der Waals surface area contributed by atoms with Crippen LogP contribution in [0.2, 0.25) is 0 Å². The number of para-hydroxylation sites is 1. The molecule has 1 atom stereocenters. The number of sulfonamides is 1. The van der Waals surface area contributed by atoms with Crippen molar-refractivity contribution in [2.24, 2.45) is 0 Å². The predicted octanol–water partition coefficient (Wildman–Crippen LogP) is 0.220. The zero-order valence-corrected chi connectivity index (χ0v) is 17.7. The van der Waals surface area contributed by atoms with E-state index in [-0.39, 0.29) is 29.4 Å². The minimum atomic E-state index is -4.12. The molecule has 5 N–H and O–H groups in total. The Kier molecular flexibility index (Phi) is 8.48. The van der Waals surface area contributed by atoms with Crippen molar-refractivity contribution in [1.29, 1.82) is 0 Å². The number of hydrogen-bond donors (Lipinski definition) is 5. The fourth-order valence-electron chi connectivity index (χ4n) is 2.62. The number of aromatic hydroxyl groups is 1. The molecule has 0 aromatic heterocycles. The molecule has 13 heteroatoms. The highest BCUT2D eigenvalue weighted by molar-refractivity contribution is 7.89. The van der Waals surface area contributed by atoms with Crippen molar-refractivity contribution in [3.8, 4) is 11.5 Å². The first kappa shape index (κ1) is 25.3. The molecule has 0 aliphatic heterocycles. The number of nitrogens with one attached hydrogen (secondary N) is 2. The number of rotatable bonds is 12. The number of phenols is 1. The molecular formula is C20H20N2O10S. The Balaban J connectivity index is 2.02. The van der Waals surface area contributed by atoms with Gasteiger partial charge in [-0.25, -0.2) is 17.9 Å². The zero-order valence-electron chi connectivity index (χ0n) is 16.9. The van der Waals surface area contributed by atoms with Gasteiger partial charge >= 0.3 is 11.9 Å². The van der Waals surface area contributed by atoms with Crippen LogP contribution < -0.4 is 14.8 Å². The molecule has 0 aliphatic rings. The van der Waals surface area contributed by atoms with Gasteiger partial charge in [-0.05, 0) is 30.3 Å². The van der Waals surface area contributed by atoms with E-state index >= 15 is 0 Å². The third-order valence-electron chi connectivity index (χ3n) is 4.17. The Labute approximate surface area is 187 Å². The highest BCUT2D eigenvalue weighted by Gasteiger charge is 2.20. The first-order chi connectivity index (χ1) is 15.5. The van der Waals surface area contributed by atoms with Crippen LogP contribution in [0, 0.1) is 0 Å². The van der Waals surface area contributed by atoms with Crippen molar-refractivity contribution in [3.63, 3.8) is 0 Å². The molecule has 0 saturated heterocycles. The summed E-state index contributed by atoms with van der Waals surface area (Å²) in [5, 5.41) is 29.5. The first-order valence-electron chi connectivity index (χ1n) is 9.31. The van der Waals surface area contributed by atoms with Gasteiger partial charge in [0, 0.05) is 6.54 Å². The van der Waals surface area contributed by atoms with Crippen LogP contribution in [0.1, 0.15) is 27.1 Å². The maximum absolute atomic E-state index is 12.4. The van der Waals surface area contributed by atoms with E-state index in [0.717, 1.165) is 18.2 Å². The number of aromatic carboxylic acids is 1. The molecular weight excluding hydrogens is 460 g/mol. The van der Waals surface area contributed by atoms with E-state index in [1.807, 2.05) is 0 Å². The standard InChI is InChI=1S/C20H20N2O10S/c23-11-12(9-18(25)26)22-19(27)14-3-1-2-4-17(14)32-8-7-21-33(30,31)13-5-6-16(24)15(10-13)20(28)29/h1-6,10-12,21,24H,7-9H2,(H,22,27)(H,25,26)(H,28,29). The summed E-state index contributed by atoms with van der Waals surface area (Å²) < 4.78 is 32.4. The van der Waals surface area contributed by atoms with E-state index in [1.165, 1.54) is 18.2 Å². The normalized spacial score (nSPS) is 11.9. The third kappa shape index (κ3) is 7.02. The number of carboxylic acid groups (broad SMARTS) is 2. The van der Waals surface area contributed by atoms with Crippen LogP contribution >= 0.6 is 0 Å². The second-order valence-electron chi connectivity index (χ2n) is 6.54. The van der Waals surface area contributed by atoms with Gasteiger partial charge in [-0.15, -0.1) is 0 Å². The summed E-state index contributed by atoms with van der Waals surface area (Å²) in [5.74, 6) is -4.04. The zero-order chi connectivity index (χ0) is 24.6. The van der Waals surface area contributed by atoms with Crippen LogP contribution in [-0.4, -0.2) is 67.1 Å². The molecule has 12 nitrogen and oxygen atoms in total. The Morgan fingerprint density at radius 2 is 1.76 bits per heavy atom. The molecule has 0 saturated carbocycles. The van der Waals surface area contributed by atoms with Crippen molar-refractivity contribution in [3.05, 3.63) is 53.6 Å². The molecule has 0 radical (unpaired) electrons. The highest BCUT2D eigenvalue weighted by Crippen LogP contribution is 2.21. The SMILES string of the molecule is O=CC(CC(=O)O)NC(=O)c1ccccc1OCCNS(=O)(=O)c1ccc(O)c(C(=O)O)c1. The van der Waals surface area contributed by atoms with E-state index < -0.39 is 51.6 Å². The van der Waals surface area contributed by atoms with Crippen LogP contribution in [0.3, 0.4) is 0 Å². The third-order valence-corrected chi connectivity index (χ3v) is 5.63. The highest BCUT2D eigenvalue weighted by atomic mass is 32.2. The summed E-state index contributed by atoms with van der Waals surface area (Å²) in [6, 6.07) is 7.41. The molecule has 0 fully saturated rings. The van der Waals surface area contributed by atoms with Crippen LogP contribution in [0.4, 0.5) is 0 Å². The number of amides is 1. The molecule has 0 spiro atoms. The van der Waals surface area contributed by atoms with Gasteiger partial charge in [0.2, 0.25) is 10.0 Å². The van der Waals surface area contributed by atoms with Crippen LogP contribution in [-0.2, 0) is 19.6 Å². The maximum atomic E-state index is 12.4. The summed E-state index contributed by atoms with van der Waals surface area (Å²) in [6.45, 7) is -0.475. The van der Waals surface area contributed by atoms with Crippen molar-refractivity contribution in [2.75, 3.05) is 13.2 Å². The van der Waals surface area contributed by atoms with Crippen molar-refractivity contribution >= 4 is 34.2 Å².